The lowest BCUT2D eigenvalue weighted by molar-refractivity contribution is -0.385. The van der Waals surface area contributed by atoms with Gasteiger partial charge in [0.15, 0.2) is 5.69 Å². The molecule has 3 N–H and O–H groups in total. The first-order valence-corrected chi connectivity index (χ1v) is 7.81. The van der Waals surface area contributed by atoms with E-state index < -0.39 is 10.8 Å². The molecule has 0 saturated carbocycles. The van der Waals surface area contributed by atoms with E-state index in [4.69, 9.17) is 0 Å². The van der Waals surface area contributed by atoms with Crippen LogP contribution < -0.4 is 10.6 Å². The van der Waals surface area contributed by atoms with E-state index in [-0.39, 0.29) is 35.9 Å². The maximum absolute atomic E-state index is 12.2. The van der Waals surface area contributed by atoms with E-state index in [0.29, 0.717) is 5.39 Å². The Bertz CT molecular complexity index is 982. The molecular weight excluding hydrogens is 338 g/mol. The number of fused-ring (bicyclic) bond motifs is 1. The second kappa shape index (κ2) is 7.43. The van der Waals surface area contributed by atoms with Crippen molar-refractivity contribution < 1.29 is 14.5 Å². The third kappa shape index (κ3) is 3.51. The SMILES string of the molecule is O=C(NCCNC(=O)c1n[nH]c2ccccc12)c1ccccc1[N+](=O)[O-]. The zero-order valence-corrected chi connectivity index (χ0v) is 13.6. The van der Waals surface area contributed by atoms with Crippen molar-refractivity contribution in [2.45, 2.75) is 0 Å². The molecule has 0 aliphatic rings. The van der Waals surface area contributed by atoms with Crippen LogP contribution in [-0.4, -0.2) is 40.0 Å². The van der Waals surface area contributed by atoms with Crippen molar-refractivity contribution in [3.05, 3.63) is 69.9 Å². The Hall–Kier alpha value is -3.75. The van der Waals surface area contributed by atoms with Gasteiger partial charge in [0, 0.05) is 24.5 Å². The molecule has 0 radical (unpaired) electrons. The number of para-hydroxylation sites is 2. The van der Waals surface area contributed by atoms with Gasteiger partial charge >= 0.3 is 0 Å². The normalized spacial score (nSPS) is 10.5. The molecule has 9 nitrogen and oxygen atoms in total. The van der Waals surface area contributed by atoms with Gasteiger partial charge in [-0.1, -0.05) is 30.3 Å². The molecule has 2 amide bonds. The predicted octanol–water partition coefficient (Wildman–Crippen LogP) is 1.63. The minimum atomic E-state index is -0.612. The number of nitrogens with zero attached hydrogens (tertiary/aromatic N) is 2. The smallest absolute Gasteiger partial charge is 0.282 e. The lowest BCUT2D eigenvalue weighted by atomic mass is 10.1. The number of nitrogens with one attached hydrogen (secondary N) is 3. The van der Waals surface area contributed by atoms with Gasteiger partial charge in [-0.3, -0.25) is 24.8 Å². The Balaban J connectivity index is 1.55. The van der Waals surface area contributed by atoms with Crippen molar-refractivity contribution in [1.29, 1.82) is 0 Å². The van der Waals surface area contributed by atoms with E-state index in [2.05, 4.69) is 20.8 Å². The second-order valence-corrected chi connectivity index (χ2v) is 5.40. The molecule has 3 rings (SSSR count). The number of hydrogen-bond acceptors (Lipinski definition) is 5. The van der Waals surface area contributed by atoms with E-state index in [1.807, 2.05) is 18.2 Å². The number of amides is 2. The Morgan fingerprint density at radius 1 is 1.00 bits per heavy atom. The minimum Gasteiger partial charge on any atom is -0.350 e. The molecule has 0 unspecified atom stereocenters. The number of aromatic amines is 1. The number of aromatic nitrogens is 2. The van der Waals surface area contributed by atoms with Crippen LogP contribution in [0.25, 0.3) is 10.9 Å². The van der Waals surface area contributed by atoms with Crippen molar-refractivity contribution in [3.63, 3.8) is 0 Å². The first-order chi connectivity index (χ1) is 12.6. The molecule has 1 heterocycles. The molecule has 2 aromatic carbocycles. The largest absolute Gasteiger partial charge is 0.350 e. The first kappa shape index (κ1) is 17.1. The molecule has 0 saturated heterocycles. The number of carbonyl (C=O) groups is 2. The van der Waals surface area contributed by atoms with Gasteiger partial charge in [-0.2, -0.15) is 5.10 Å². The van der Waals surface area contributed by atoms with Crippen LogP contribution in [0.1, 0.15) is 20.8 Å². The Labute approximate surface area is 147 Å². The van der Waals surface area contributed by atoms with Crippen LogP contribution in [0.5, 0.6) is 0 Å². The molecule has 0 atom stereocenters. The van der Waals surface area contributed by atoms with Crippen LogP contribution in [0.15, 0.2) is 48.5 Å². The predicted molar refractivity (Wildman–Crippen MR) is 93.9 cm³/mol. The van der Waals surface area contributed by atoms with Gasteiger partial charge in [0.05, 0.1) is 10.4 Å². The molecule has 1 aromatic heterocycles. The average molecular weight is 353 g/mol. The molecular formula is C17H15N5O4. The molecule has 0 spiro atoms. The van der Waals surface area contributed by atoms with Gasteiger partial charge in [-0.05, 0) is 12.1 Å². The third-order valence-electron chi connectivity index (χ3n) is 3.73. The summed E-state index contributed by atoms with van der Waals surface area (Å²) in [5.74, 6) is -0.945. The lowest BCUT2D eigenvalue weighted by Gasteiger charge is -2.07. The zero-order chi connectivity index (χ0) is 18.5. The van der Waals surface area contributed by atoms with Gasteiger partial charge in [0.1, 0.15) is 5.56 Å². The van der Waals surface area contributed by atoms with E-state index in [1.165, 1.54) is 18.2 Å². The second-order valence-electron chi connectivity index (χ2n) is 5.40. The fraction of sp³-hybridized carbons (Fsp3) is 0.118. The maximum Gasteiger partial charge on any atom is 0.282 e. The number of hydrogen-bond donors (Lipinski definition) is 3. The molecule has 9 heteroatoms. The summed E-state index contributed by atoms with van der Waals surface area (Å²) in [6.45, 7) is 0.283. The summed E-state index contributed by atoms with van der Waals surface area (Å²) in [4.78, 5) is 34.6. The highest BCUT2D eigenvalue weighted by Gasteiger charge is 2.19. The summed E-state index contributed by atoms with van der Waals surface area (Å²) < 4.78 is 0. The summed E-state index contributed by atoms with van der Waals surface area (Å²) in [6, 6.07) is 12.9. The third-order valence-corrected chi connectivity index (χ3v) is 3.73. The number of benzene rings is 2. The van der Waals surface area contributed by atoms with Gasteiger partial charge in [0.2, 0.25) is 0 Å². The summed E-state index contributed by atoms with van der Waals surface area (Å²) in [6.07, 6.45) is 0. The van der Waals surface area contributed by atoms with Crippen molar-refractivity contribution in [1.82, 2.24) is 20.8 Å². The molecule has 26 heavy (non-hydrogen) atoms. The van der Waals surface area contributed by atoms with E-state index in [1.54, 1.807) is 12.1 Å². The van der Waals surface area contributed by atoms with Crippen LogP contribution in [0, 0.1) is 10.1 Å². The highest BCUT2D eigenvalue weighted by atomic mass is 16.6. The summed E-state index contributed by atoms with van der Waals surface area (Å²) in [5.41, 5.74) is 0.729. The highest BCUT2D eigenvalue weighted by Crippen LogP contribution is 2.17. The van der Waals surface area contributed by atoms with E-state index in [0.717, 1.165) is 5.52 Å². The molecule has 3 aromatic rings. The van der Waals surface area contributed by atoms with Gasteiger partial charge in [-0.25, -0.2) is 0 Å². The topological polar surface area (TPSA) is 130 Å². The van der Waals surface area contributed by atoms with Crippen LogP contribution in [0.4, 0.5) is 5.69 Å². The quantitative estimate of drug-likeness (QED) is 0.352. The van der Waals surface area contributed by atoms with Crippen LogP contribution >= 0.6 is 0 Å². The number of nitro benzene ring substituents is 1. The van der Waals surface area contributed by atoms with E-state index in [9.17, 15) is 19.7 Å². The van der Waals surface area contributed by atoms with Gasteiger partial charge in [0.25, 0.3) is 17.5 Å². The van der Waals surface area contributed by atoms with Gasteiger partial charge < -0.3 is 10.6 Å². The Morgan fingerprint density at radius 2 is 1.65 bits per heavy atom. The lowest BCUT2D eigenvalue weighted by Crippen LogP contribution is -2.35. The van der Waals surface area contributed by atoms with E-state index >= 15 is 0 Å². The molecule has 0 aliphatic carbocycles. The maximum atomic E-state index is 12.2. The van der Waals surface area contributed by atoms with Crippen molar-refractivity contribution in [3.8, 4) is 0 Å². The summed E-state index contributed by atoms with van der Waals surface area (Å²) in [7, 11) is 0. The number of carbonyl (C=O) groups excluding carboxylic acids is 2. The monoisotopic (exact) mass is 353 g/mol. The minimum absolute atomic E-state index is 0.0258. The fourth-order valence-corrected chi connectivity index (χ4v) is 2.49. The van der Waals surface area contributed by atoms with Crippen molar-refractivity contribution >= 4 is 28.4 Å². The summed E-state index contributed by atoms with van der Waals surface area (Å²) >= 11 is 0. The fourth-order valence-electron chi connectivity index (χ4n) is 2.49. The Kier molecular flexibility index (Phi) is 4.88. The van der Waals surface area contributed by atoms with Crippen LogP contribution in [0.2, 0.25) is 0 Å². The average Bonchev–Trinajstić information content (AvgIpc) is 3.09. The molecule has 0 bridgehead atoms. The number of rotatable bonds is 6. The van der Waals surface area contributed by atoms with Crippen LogP contribution in [-0.2, 0) is 0 Å². The molecule has 0 aliphatic heterocycles. The van der Waals surface area contributed by atoms with Crippen molar-refractivity contribution in [2.75, 3.05) is 13.1 Å². The molecule has 0 fully saturated rings. The first-order valence-electron chi connectivity index (χ1n) is 7.81. The van der Waals surface area contributed by atoms with Gasteiger partial charge in [-0.15, -0.1) is 0 Å². The number of H-pyrrole nitrogens is 1. The zero-order valence-electron chi connectivity index (χ0n) is 13.6. The summed E-state index contributed by atoms with van der Waals surface area (Å²) in [5, 5.41) is 23.6. The standard InChI is InChI=1S/C17H15N5O4/c23-16(12-6-2-4-8-14(12)22(25)26)18-9-10-19-17(24)15-11-5-1-3-7-13(11)20-21-15/h1-8H,9-10H2,(H,18,23)(H,19,24)(H,20,21). The Morgan fingerprint density at radius 3 is 2.42 bits per heavy atom. The van der Waals surface area contributed by atoms with Crippen molar-refractivity contribution in [2.24, 2.45) is 0 Å². The number of nitro groups is 1. The highest BCUT2D eigenvalue weighted by molar-refractivity contribution is 6.04. The molecule has 132 valence electrons. The van der Waals surface area contributed by atoms with Crippen LogP contribution in [0.3, 0.4) is 0 Å².